The lowest BCUT2D eigenvalue weighted by atomic mass is 10.1. The molecular formula is C26H22Cl2N2O3S. The molecule has 0 radical (unpaired) electrons. The lowest BCUT2D eigenvalue weighted by Crippen LogP contribution is -2.19. The largest absolute Gasteiger partial charge is 0.493 e. The van der Waals surface area contributed by atoms with Crippen LogP contribution in [0.15, 0.2) is 64.5 Å². The minimum absolute atomic E-state index is 0.190. The molecule has 1 saturated heterocycles. The number of halogens is 2. The highest BCUT2D eigenvalue weighted by molar-refractivity contribution is 8.18. The summed E-state index contributed by atoms with van der Waals surface area (Å²) >= 11 is 13.5. The van der Waals surface area contributed by atoms with Gasteiger partial charge in [0.15, 0.2) is 16.7 Å². The maximum absolute atomic E-state index is 12.5. The van der Waals surface area contributed by atoms with E-state index < -0.39 is 0 Å². The molecule has 1 heterocycles. The summed E-state index contributed by atoms with van der Waals surface area (Å²) in [6.07, 6.45) is 1.80. The zero-order chi connectivity index (χ0) is 24.2. The van der Waals surface area contributed by atoms with Crippen molar-refractivity contribution in [2.24, 2.45) is 4.99 Å². The van der Waals surface area contributed by atoms with Crippen LogP contribution in [0.5, 0.6) is 11.5 Å². The van der Waals surface area contributed by atoms with Crippen molar-refractivity contribution in [2.75, 3.05) is 7.11 Å². The first-order valence-corrected chi connectivity index (χ1v) is 12.0. The Morgan fingerprint density at radius 1 is 1.00 bits per heavy atom. The summed E-state index contributed by atoms with van der Waals surface area (Å²) in [7, 11) is 1.57. The van der Waals surface area contributed by atoms with Crippen LogP contribution in [0.2, 0.25) is 10.0 Å². The number of carbonyl (C=O) groups excluding carboxylic acids is 1. The Labute approximate surface area is 212 Å². The Bertz CT molecular complexity index is 1300. The average molecular weight is 513 g/mol. The molecule has 1 amide bonds. The number of nitrogens with one attached hydrogen (secondary N) is 1. The fourth-order valence-electron chi connectivity index (χ4n) is 3.45. The molecule has 1 fully saturated rings. The van der Waals surface area contributed by atoms with Gasteiger partial charge in [0.05, 0.1) is 17.7 Å². The van der Waals surface area contributed by atoms with E-state index in [4.69, 9.17) is 32.7 Å². The van der Waals surface area contributed by atoms with Gasteiger partial charge < -0.3 is 14.8 Å². The Balaban J connectivity index is 1.50. The molecular weight excluding hydrogens is 491 g/mol. The number of benzene rings is 3. The second kappa shape index (κ2) is 10.6. The van der Waals surface area contributed by atoms with Crippen LogP contribution in [0.1, 0.15) is 22.3 Å². The first-order valence-electron chi connectivity index (χ1n) is 10.4. The number of hydrogen-bond donors (Lipinski definition) is 1. The van der Waals surface area contributed by atoms with Crippen LogP contribution in [0.25, 0.3) is 6.08 Å². The van der Waals surface area contributed by atoms with Crippen LogP contribution in [-0.4, -0.2) is 18.2 Å². The van der Waals surface area contributed by atoms with Gasteiger partial charge in [0, 0.05) is 15.6 Å². The summed E-state index contributed by atoms with van der Waals surface area (Å²) in [6, 6.07) is 16.8. The van der Waals surface area contributed by atoms with Crippen LogP contribution in [0.4, 0.5) is 5.69 Å². The van der Waals surface area contributed by atoms with E-state index >= 15 is 0 Å². The number of ether oxygens (including phenoxy) is 2. The Morgan fingerprint density at radius 3 is 2.47 bits per heavy atom. The van der Waals surface area contributed by atoms with E-state index in [1.807, 2.05) is 44.2 Å². The van der Waals surface area contributed by atoms with E-state index in [-0.39, 0.29) is 12.5 Å². The molecule has 1 aliphatic heterocycles. The molecule has 8 heteroatoms. The average Bonchev–Trinajstić information content (AvgIpc) is 3.11. The molecule has 1 N–H and O–H groups in total. The highest BCUT2D eigenvalue weighted by Crippen LogP contribution is 2.33. The van der Waals surface area contributed by atoms with Crippen LogP contribution < -0.4 is 14.8 Å². The summed E-state index contributed by atoms with van der Waals surface area (Å²) < 4.78 is 11.4. The van der Waals surface area contributed by atoms with Crippen molar-refractivity contribution < 1.29 is 14.3 Å². The quantitative estimate of drug-likeness (QED) is 0.358. The van der Waals surface area contributed by atoms with Gasteiger partial charge in [0.1, 0.15) is 6.61 Å². The number of amidine groups is 1. The second-order valence-corrected chi connectivity index (χ2v) is 9.64. The van der Waals surface area contributed by atoms with Crippen molar-refractivity contribution in [1.29, 1.82) is 0 Å². The summed E-state index contributed by atoms with van der Waals surface area (Å²) in [5.41, 5.74) is 4.67. The summed E-state index contributed by atoms with van der Waals surface area (Å²) in [5, 5.41) is 4.48. The van der Waals surface area contributed by atoms with E-state index in [1.54, 1.807) is 31.4 Å². The third-order valence-corrected chi connectivity index (χ3v) is 6.47. The summed E-state index contributed by atoms with van der Waals surface area (Å²) in [6.45, 7) is 4.31. The third kappa shape index (κ3) is 5.95. The monoisotopic (exact) mass is 512 g/mol. The number of aliphatic imine (C=N–C) groups is 1. The standard InChI is InChI=1S/C26H22Cl2N2O3S/c1-15-8-16(2)10-20(9-15)29-26-30-25(31)24(34-26)12-17-4-7-22(23(11-17)32-3)33-14-18-5-6-19(27)13-21(18)28/h4-13H,14H2,1-3H3,(H,29,30,31). The number of carbonyl (C=O) groups is 1. The van der Waals surface area contributed by atoms with Crippen LogP contribution in [0, 0.1) is 13.8 Å². The van der Waals surface area contributed by atoms with E-state index in [1.165, 1.54) is 11.8 Å². The normalized spacial score (nSPS) is 15.6. The Kier molecular flexibility index (Phi) is 7.51. The van der Waals surface area contributed by atoms with Crippen molar-refractivity contribution in [3.63, 3.8) is 0 Å². The maximum atomic E-state index is 12.5. The molecule has 0 saturated carbocycles. The number of hydrogen-bond acceptors (Lipinski definition) is 5. The molecule has 0 unspecified atom stereocenters. The first kappa shape index (κ1) is 24.2. The van der Waals surface area contributed by atoms with Gasteiger partial charge in [-0.2, -0.15) is 0 Å². The number of rotatable bonds is 6. The second-order valence-electron chi connectivity index (χ2n) is 7.76. The fourth-order valence-corrected chi connectivity index (χ4v) is 4.76. The van der Waals surface area contributed by atoms with Gasteiger partial charge in [0.2, 0.25) is 0 Å². The molecule has 0 atom stereocenters. The van der Waals surface area contributed by atoms with Crippen molar-refractivity contribution in [3.8, 4) is 11.5 Å². The molecule has 0 spiro atoms. The smallest absolute Gasteiger partial charge is 0.264 e. The van der Waals surface area contributed by atoms with E-state index in [2.05, 4.69) is 16.4 Å². The predicted octanol–water partition coefficient (Wildman–Crippen LogP) is 7.09. The molecule has 174 valence electrons. The number of thioether (sulfide) groups is 1. The highest BCUT2D eigenvalue weighted by Gasteiger charge is 2.24. The van der Waals surface area contributed by atoms with Crippen LogP contribution in [0.3, 0.4) is 0 Å². The van der Waals surface area contributed by atoms with E-state index in [0.717, 1.165) is 27.9 Å². The predicted molar refractivity (Wildman–Crippen MR) is 141 cm³/mol. The highest BCUT2D eigenvalue weighted by atomic mass is 35.5. The SMILES string of the molecule is COc1cc(C=C2SC(=Nc3cc(C)cc(C)c3)NC2=O)ccc1OCc1ccc(Cl)cc1Cl. The van der Waals surface area contributed by atoms with Gasteiger partial charge in [0.25, 0.3) is 5.91 Å². The van der Waals surface area contributed by atoms with Crippen molar-refractivity contribution in [1.82, 2.24) is 5.32 Å². The molecule has 0 aromatic heterocycles. The first-order chi connectivity index (χ1) is 16.3. The molecule has 34 heavy (non-hydrogen) atoms. The topological polar surface area (TPSA) is 59.9 Å². The van der Waals surface area contributed by atoms with E-state index in [9.17, 15) is 4.79 Å². The molecule has 3 aromatic rings. The van der Waals surface area contributed by atoms with Gasteiger partial charge in [-0.1, -0.05) is 41.4 Å². The minimum atomic E-state index is -0.190. The molecule has 0 aliphatic carbocycles. The van der Waals surface area contributed by atoms with Crippen LogP contribution in [-0.2, 0) is 11.4 Å². The number of nitrogens with zero attached hydrogens (tertiary/aromatic N) is 1. The van der Waals surface area contributed by atoms with Crippen molar-refractivity contribution in [2.45, 2.75) is 20.5 Å². The zero-order valence-corrected chi connectivity index (χ0v) is 21.1. The Morgan fingerprint density at radius 2 is 1.76 bits per heavy atom. The molecule has 4 rings (SSSR count). The molecule has 3 aromatic carbocycles. The lowest BCUT2D eigenvalue weighted by Gasteiger charge is -2.12. The summed E-state index contributed by atoms with van der Waals surface area (Å²) in [4.78, 5) is 17.6. The maximum Gasteiger partial charge on any atom is 0.264 e. The Hall–Kier alpha value is -2.93. The van der Waals surface area contributed by atoms with Crippen molar-refractivity contribution in [3.05, 3.63) is 91.8 Å². The number of aryl methyl sites for hydroxylation is 2. The van der Waals surface area contributed by atoms with Gasteiger partial charge in [-0.25, -0.2) is 4.99 Å². The number of amides is 1. The third-order valence-electron chi connectivity index (χ3n) is 4.97. The fraction of sp³-hybridized carbons (Fsp3) is 0.154. The van der Waals surface area contributed by atoms with Crippen molar-refractivity contribution >= 4 is 57.8 Å². The van der Waals surface area contributed by atoms with Gasteiger partial charge >= 0.3 is 0 Å². The molecule has 1 aliphatic rings. The van der Waals surface area contributed by atoms with Crippen LogP contribution >= 0.6 is 35.0 Å². The van der Waals surface area contributed by atoms with E-state index in [0.29, 0.717) is 31.6 Å². The lowest BCUT2D eigenvalue weighted by molar-refractivity contribution is -0.115. The number of methoxy groups -OCH3 is 1. The molecule has 5 nitrogen and oxygen atoms in total. The van der Waals surface area contributed by atoms with Gasteiger partial charge in [-0.05, 0) is 84.8 Å². The zero-order valence-electron chi connectivity index (χ0n) is 18.8. The minimum Gasteiger partial charge on any atom is -0.493 e. The molecule has 0 bridgehead atoms. The van der Waals surface area contributed by atoms with Gasteiger partial charge in [-0.15, -0.1) is 0 Å². The van der Waals surface area contributed by atoms with Gasteiger partial charge in [-0.3, -0.25) is 4.79 Å². The summed E-state index contributed by atoms with van der Waals surface area (Å²) in [5.74, 6) is 0.924.